The lowest BCUT2D eigenvalue weighted by Gasteiger charge is -2.26. The summed E-state index contributed by atoms with van der Waals surface area (Å²) in [6.07, 6.45) is 1.23. The molecule has 1 fully saturated rings. The number of halogens is 3. The summed E-state index contributed by atoms with van der Waals surface area (Å²) in [6, 6.07) is 12.6. The normalized spacial score (nSPS) is 14.6. The van der Waals surface area contributed by atoms with Gasteiger partial charge in [-0.3, -0.25) is 14.9 Å². The van der Waals surface area contributed by atoms with Crippen LogP contribution in [0.1, 0.15) is 27.0 Å². The van der Waals surface area contributed by atoms with Crippen molar-refractivity contribution in [1.29, 1.82) is 0 Å². The number of carbonyl (C=O) groups is 4. The quantitative estimate of drug-likeness (QED) is 0.287. The molecular weight excluding hydrogens is 543 g/mol. The van der Waals surface area contributed by atoms with Crippen molar-refractivity contribution in [2.45, 2.75) is 13.5 Å². The molecule has 188 valence electrons. The average Bonchev–Trinajstić information content (AvgIpc) is 2.83. The Morgan fingerprint density at radius 2 is 1.70 bits per heavy atom. The van der Waals surface area contributed by atoms with E-state index in [-0.39, 0.29) is 44.8 Å². The van der Waals surface area contributed by atoms with Gasteiger partial charge in [-0.25, -0.2) is 14.5 Å². The molecule has 0 unspecified atom stereocenters. The molecule has 0 bridgehead atoms. The number of anilines is 1. The molecule has 1 aliphatic rings. The summed E-state index contributed by atoms with van der Waals surface area (Å²) >= 11 is 18.7. The molecule has 1 aliphatic heterocycles. The third-order valence-corrected chi connectivity index (χ3v) is 6.34. The topological polar surface area (TPSA) is 113 Å². The van der Waals surface area contributed by atoms with Crippen molar-refractivity contribution in [3.8, 4) is 5.75 Å². The van der Waals surface area contributed by atoms with Gasteiger partial charge in [0.25, 0.3) is 11.8 Å². The van der Waals surface area contributed by atoms with Crippen LogP contribution in [0.15, 0.2) is 60.2 Å². The van der Waals surface area contributed by atoms with Crippen molar-refractivity contribution in [3.63, 3.8) is 0 Å². The van der Waals surface area contributed by atoms with Gasteiger partial charge in [0.15, 0.2) is 0 Å². The summed E-state index contributed by atoms with van der Waals surface area (Å²) in [6.45, 7) is 1.77. The van der Waals surface area contributed by atoms with E-state index in [9.17, 15) is 19.2 Å². The fourth-order valence-corrected chi connectivity index (χ4v) is 4.25. The van der Waals surface area contributed by atoms with Crippen LogP contribution in [0.3, 0.4) is 0 Å². The Morgan fingerprint density at radius 1 is 1.00 bits per heavy atom. The maximum atomic E-state index is 13.3. The molecule has 3 aromatic rings. The largest absolute Gasteiger partial charge is 0.487 e. The van der Waals surface area contributed by atoms with Crippen LogP contribution in [-0.4, -0.2) is 28.9 Å². The monoisotopic (exact) mass is 558 g/mol. The number of carboxylic acids is 1. The minimum absolute atomic E-state index is 0.00401. The Labute approximate surface area is 226 Å². The SMILES string of the molecule is Cc1ccc(N2C(=O)NC(=O)/C(=C\c3cc(Cl)cc(Cl)c3OCc3ccc(C(=O)O)cc3)C2=O)cc1Cl. The van der Waals surface area contributed by atoms with E-state index in [1.54, 1.807) is 25.1 Å². The fraction of sp³-hybridized carbons (Fsp3) is 0.0769. The van der Waals surface area contributed by atoms with E-state index in [0.29, 0.717) is 10.6 Å². The Balaban J connectivity index is 1.69. The lowest BCUT2D eigenvalue weighted by molar-refractivity contribution is -0.122. The number of ether oxygens (including phenoxy) is 1. The second-order valence-electron chi connectivity index (χ2n) is 7.99. The van der Waals surface area contributed by atoms with Crippen molar-refractivity contribution in [2.75, 3.05) is 4.90 Å². The molecule has 11 heteroatoms. The van der Waals surface area contributed by atoms with E-state index >= 15 is 0 Å². The van der Waals surface area contributed by atoms with Gasteiger partial charge in [0.1, 0.15) is 17.9 Å². The summed E-state index contributed by atoms with van der Waals surface area (Å²) in [7, 11) is 0. The number of carboxylic acid groups (broad SMARTS) is 1. The number of benzene rings is 3. The molecule has 2 N–H and O–H groups in total. The van der Waals surface area contributed by atoms with E-state index in [1.165, 1.54) is 42.5 Å². The Bertz CT molecular complexity index is 1480. The maximum absolute atomic E-state index is 13.3. The van der Waals surface area contributed by atoms with Crippen LogP contribution in [-0.2, 0) is 16.2 Å². The smallest absolute Gasteiger partial charge is 0.335 e. The Kier molecular flexibility index (Phi) is 7.54. The minimum atomic E-state index is -1.06. The van der Waals surface area contributed by atoms with Crippen molar-refractivity contribution in [1.82, 2.24) is 5.32 Å². The fourth-order valence-electron chi connectivity index (χ4n) is 3.51. The zero-order valence-electron chi connectivity index (χ0n) is 19.1. The van der Waals surface area contributed by atoms with Gasteiger partial charge in [-0.2, -0.15) is 0 Å². The first-order valence-corrected chi connectivity index (χ1v) is 11.8. The highest BCUT2D eigenvalue weighted by atomic mass is 35.5. The molecule has 0 atom stereocenters. The average molecular weight is 560 g/mol. The number of hydrogen-bond donors (Lipinski definition) is 2. The molecule has 0 aliphatic carbocycles. The van der Waals surface area contributed by atoms with Crippen LogP contribution in [0.4, 0.5) is 10.5 Å². The summed E-state index contributed by atoms with van der Waals surface area (Å²) in [5, 5.41) is 11.9. The summed E-state index contributed by atoms with van der Waals surface area (Å²) in [5.41, 5.74) is 1.56. The van der Waals surface area contributed by atoms with E-state index in [0.717, 1.165) is 10.5 Å². The molecule has 1 heterocycles. The van der Waals surface area contributed by atoms with E-state index in [2.05, 4.69) is 5.32 Å². The number of aromatic carboxylic acids is 1. The predicted octanol–water partition coefficient (Wildman–Crippen LogP) is 5.90. The summed E-state index contributed by atoms with van der Waals surface area (Å²) in [5.74, 6) is -2.71. The highest BCUT2D eigenvalue weighted by Crippen LogP contribution is 2.35. The van der Waals surface area contributed by atoms with Gasteiger partial charge in [-0.15, -0.1) is 0 Å². The standard InChI is InChI=1S/C26H17Cl3N2O6/c1-13-2-7-18(11-20(13)28)31-24(33)19(23(32)30-26(31)36)9-16-8-17(27)10-21(29)22(16)37-12-14-3-5-15(6-4-14)25(34)35/h2-11H,12H2,1H3,(H,34,35)(H,30,32,36)/b19-9+. The number of carbonyl (C=O) groups excluding carboxylic acids is 3. The van der Waals surface area contributed by atoms with Crippen molar-refractivity contribution >= 4 is 70.4 Å². The van der Waals surface area contributed by atoms with Gasteiger partial charge < -0.3 is 9.84 Å². The molecule has 0 saturated carbocycles. The number of rotatable bonds is 6. The zero-order valence-corrected chi connectivity index (χ0v) is 21.3. The van der Waals surface area contributed by atoms with Crippen molar-refractivity contribution < 1.29 is 29.0 Å². The molecule has 37 heavy (non-hydrogen) atoms. The third kappa shape index (κ3) is 5.61. The molecule has 3 aromatic carbocycles. The molecule has 0 aromatic heterocycles. The highest BCUT2D eigenvalue weighted by molar-refractivity contribution is 6.40. The van der Waals surface area contributed by atoms with E-state index < -0.39 is 23.8 Å². The number of nitrogens with one attached hydrogen (secondary N) is 1. The zero-order chi connectivity index (χ0) is 26.9. The number of aryl methyl sites for hydroxylation is 1. The minimum Gasteiger partial charge on any atom is -0.487 e. The third-order valence-electron chi connectivity index (χ3n) is 5.44. The number of amides is 4. The van der Waals surface area contributed by atoms with E-state index in [4.69, 9.17) is 44.6 Å². The molecule has 4 amide bonds. The lowest BCUT2D eigenvalue weighted by atomic mass is 10.1. The molecule has 0 radical (unpaired) electrons. The first-order chi connectivity index (χ1) is 17.5. The summed E-state index contributed by atoms with van der Waals surface area (Å²) in [4.78, 5) is 50.3. The molecule has 4 rings (SSSR count). The summed E-state index contributed by atoms with van der Waals surface area (Å²) < 4.78 is 5.86. The molecule has 0 spiro atoms. The Hall–Kier alpha value is -3.85. The first kappa shape index (κ1) is 26.2. The number of urea groups is 1. The van der Waals surface area contributed by atoms with Crippen LogP contribution >= 0.6 is 34.8 Å². The van der Waals surface area contributed by atoms with Crippen molar-refractivity contribution in [2.24, 2.45) is 0 Å². The molecule has 8 nitrogen and oxygen atoms in total. The number of barbiturate groups is 1. The van der Waals surface area contributed by atoms with Gasteiger partial charge >= 0.3 is 12.0 Å². The second-order valence-corrected chi connectivity index (χ2v) is 9.24. The van der Waals surface area contributed by atoms with Gasteiger partial charge in [-0.1, -0.05) is 53.0 Å². The first-order valence-electron chi connectivity index (χ1n) is 10.7. The highest BCUT2D eigenvalue weighted by Gasteiger charge is 2.37. The van der Waals surface area contributed by atoms with Crippen LogP contribution < -0.4 is 15.0 Å². The van der Waals surface area contributed by atoms with Crippen LogP contribution in [0.25, 0.3) is 6.08 Å². The van der Waals surface area contributed by atoms with Gasteiger partial charge in [0, 0.05) is 15.6 Å². The Morgan fingerprint density at radius 3 is 2.35 bits per heavy atom. The number of nitrogens with zero attached hydrogens (tertiary/aromatic N) is 1. The lowest BCUT2D eigenvalue weighted by Crippen LogP contribution is -2.54. The van der Waals surface area contributed by atoms with E-state index in [1.807, 2.05) is 0 Å². The van der Waals surface area contributed by atoms with Crippen molar-refractivity contribution in [3.05, 3.63) is 97.5 Å². The second kappa shape index (κ2) is 10.6. The number of hydrogen-bond acceptors (Lipinski definition) is 5. The van der Waals surface area contributed by atoms with Crippen LogP contribution in [0.2, 0.25) is 15.1 Å². The van der Waals surface area contributed by atoms with Gasteiger partial charge in [-0.05, 0) is 60.5 Å². The van der Waals surface area contributed by atoms with Crippen LogP contribution in [0.5, 0.6) is 5.75 Å². The maximum Gasteiger partial charge on any atom is 0.335 e. The predicted molar refractivity (Wildman–Crippen MR) is 139 cm³/mol. The molecule has 1 saturated heterocycles. The van der Waals surface area contributed by atoms with Gasteiger partial charge in [0.05, 0.1) is 16.3 Å². The van der Waals surface area contributed by atoms with Crippen LogP contribution in [0, 0.1) is 6.92 Å². The number of imide groups is 2. The van der Waals surface area contributed by atoms with Gasteiger partial charge in [0.2, 0.25) is 0 Å². The molecular formula is C26H17Cl3N2O6.